The third kappa shape index (κ3) is 89.1. The van der Waals surface area contributed by atoms with Gasteiger partial charge in [0.2, 0.25) is 41.4 Å². The molecule has 12 N–H and O–H groups in total. The maximum atomic E-state index is 12.0. The Labute approximate surface area is 824 Å². The van der Waals surface area contributed by atoms with Gasteiger partial charge in [-0.2, -0.15) is 25.3 Å². The molecule has 766 valence electrons. The molecule has 0 aromatic carbocycles. The summed E-state index contributed by atoms with van der Waals surface area (Å²) in [6.07, 6.45) is 78.5. The number of imide groups is 1. The fraction of sp³-hybridized carbons (Fsp3) is 0.847. The number of nitrogens with two attached hydrogens (primary N) is 4. The van der Waals surface area contributed by atoms with Crippen LogP contribution in [0.15, 0.2) is 0 Å². The molecule has 8 rings (SSSR count). The van der Waals surface area contributed by atoms with Crippen LogP contribution in [0.5, 0.6) is 0 Å². The number of thioether (sulfide) groups is 3. The van der Waals surface area contributed by atoms with Crippen molar-refractivity contribution in [2.75, 3.05) is 80.1 Å². The van der Waals surface area contributed by atoms with Crippen LogP contribution in [0.4, 0.5) is 0 Å². The van der Waals surface area contributed by atoms with Gasteiger partial charge in [-0.25, -0.2) is 10.7 Å². The third-order valence-electron chi connectivity index (χ3n) is 22.8. The van der Waals surface area contributed by atoms with Crippen molar-refractivity contribution in [3.63, 3.8) is 0 Å². The standard InChI is InChI=1S/C14H24N4O4S.C11H18BrN3O3.5C10H20.C8H9NO5S.C6H10O2S.2C4H8OS.CH5N.H3NO/c1-3-10(14(15)22)18-6-9(4-13(18)21)5-17-12(20)8-23-7-11(19)16-2;1-2-8(11(13)18)15-6-7(3-10(15)17)5-14-9(16)4-12;5*1-2-4-6-8-10-9-7-5-3-1;1-5(10)15-4-8(13)14-9-6(11)2-3-7(9)12;1-3-6(8)4-9-5(2)7;2*1-2-4(5)3-6;2*1-2/h9-10H,3-8H2,1-2H3,(H2,15,22)(H,16,19)(H,17,20);7-8H,2-6H2,1H3,(H2,13,18)(H,14,16);5*1-10H2;2-4H2,1H3;3-4H2,1-2H3;2*6H,2-3H2,1H3;2H2,1H3;2H,1H2/t9?,10-;7?,8-;;;;;;;;;;;/m11.........../s1. The van der Waals surface area contributed by atoms with Gasteiger partial charge in [0, 0.05) is 115 Å². The minimum atomic E-state index is -0.779. The molecule has 4 atom stereocenters. The Morgan fingerprint density at radius 3 is 0.824 bits per heavy atom. The zero-order valence-electron chi connectivity index (χ0n) is 82.9. The molecule has 33 heteroatoms. The van der Waals surface area contributed by atoms with E-state index >= 15 is 0 Å². The minimum Gasteiger partial charge on any atom is -0.368 e. The second-order valence-corrected chi connectivity index (χ2v) is 38.6. The minimum absolute atomic E-state index is 0.0109. The van der Waals surface area contributed by atoms with Gasteiger partial charge in [0.1, 0.15) is 35.2 Å². The summed E-state index contributed by atoms with van der Waals surface area (Å²) in [4.78, 5) is 172. The molecule has 0 bridgehead atoms. The number of thiol groups is 2. The summed E-state index contributed by atoms with van der Waals surface area (Å²) in [5, 5.41) is 14.9. The van der Waals surface area contributed by atoms with Crippen LogP contribution in [0.25, 0.3) is 0 Å². The molecule has 3 heterocycles. The van der Waals surface area contributed by atoms with E-state index in [-0.39, 0.29) is 104 Å². The van der Waals surface area contributed by atoms with E-state index in [0.717, 1.165) is 23.5 Å². The van der Waals surface area contributed by atoms with E-state index in [4.69, 9.17) is 16.7 Å². The number of rotatable bonds is 25. The predicted octanol–water partition coefficient (Wildman–Crippen LogP) is 19.6. The highest BCUT2D eigenvalue weighted by atomic mass is 79.9. The van der Waals surface area contributed by atoms with Crippen molar-refractivity contribution >= 4 is 163 Å². The van der Waals surface area contributed by atoms with Crippen LogP contribution in [0.3, 0.4) is 0 Å². The quantitative estimate of drug-likeness (QED) is 0.0176. The maximum Gasteiger partial charge on any atom is 0.343 e. The largest absolute Gasteiger partial charge is 0.368 e. The van der Waals surface area contributed by atoms with Crippen molar-refractivity contribution in [2.24, 2.45) is 34.9 Å². The molecule has 8 fully saturated rings. The zero-order valence-corrected chi connectivity index (χ0v) is 88.8. The van der Waals surface area contributed by atoms with Crippen LogP contribution in [-0.4, -0.2) is 199 Å². The molecule has 9 amide bonds. The third-order valence-corrected chi connectivity index (χ3v) is 26.6. The number of hydrogen-bond acceptors (Lipinski definition) is 24. The molecular weight excluding hydrogens is 1830 g/mol. The van der Waals surface area contributed by atoms with Crippen LogP contribution < -0.4 is 39.0 Å². The van der Waals surface area contributed by atoms with Gasteiger partial charge < -0.3 is 53.0 Å². The van der Waals surface area contributed by atoms with Crippen molar-refractivity contribution in [1.29, 1.82) is 0 Å². The average Bonchev–Trinajstić information content (AvgIpc) is 1.44. The summed E-state index contributed by atoms with van der Waals surface area (Å²) in [5.74, 6) is 2.00. The van der Waals surface area contributed by atoms with Gasteiger partial charge in [0.25, 0.3) is 11.8 Å². The number of hydrogen-bond donors (Lipinski definition) is 10. The molecule has 0 aromatic rings. The first kappa shape index (κ1) is 135. The molecule has 5 saturated carbocycles. The normalized spacial score (nSPS) is 18.6. The van der Waals surface area contributed by atoms with Gasteiger partial charge >= 0.3 is 5.97 Å². The van der Waals surface area contributed by atoms with Crippen LogP contribution in [0, 0.1) is 11.8 Å². The Hall–Kier alpha value is -4.64. The van der Waals surface area contributed by atoms with Crippen LogP contribution in [0.2, 0.25) is 0 Å². The molecule has 0 radical (unpaired) electrons. The van der Waals surface area contributed by atoms with Crippen LogP contribution in [0.1, 0.15) is 427 Å². The van der Waals surface area contributed by atoms with E-state index in [2.05, 4.69) is 73.6 Å². The van der Waals surface area contributed by atoms with Crippen LogP contribution in [-0.2, 0) is 76.8 Å². The highest BCUT2D eigenvalue weighted by molar-refractivity contribution is 9.09. The highest BCUT2D eigenvalue weighted by Gasteiger charge is 2.38. The number of alkyl halides is 1. The molecule has 0 aromatic heterocycles. The lowest BCUT2D eigenvalue weighted by Gasteiger charge is -2.24. The molecule has 131 heavy (non-hydrogen) atoms. The van der Waals surface area contributed by atoms with E-state index in [0.29, 0.717) is 93.4 Å². The smallest absolute Gasteiger partial charge is 0.343 e. The molecular formula is C98H185BrN10O17S5. The second-order valence-electron chi connectivity index (χ2n) is 34.1. The lowest BCUT2D eigenvalue weighted by molar-refractivity contribution is -0.195. The lowest BCUT2D eigenvalue weighted by atomic mass is 10.0. The molecule has 2 unspecified atom stereocenters. The van der Waals surface area contributed by atoms with E-state index in [1.54, 1.807) is 14.0 Å². The zero-order chi connectivity index (χ0) is 99.1. The van der Waals surface area contributed by atoms with Gasteiger partial charge in [-0.05, 0) is 19.9 Å². The molecule has 3 aliphatic heterocycles. The Kier molecular flexibility index (Phi) is 104. The Bertz CT molecular complexity index is 2610. The molecule has 3 saturated heterocycles. The maximum absolute atomic E-state index is 12.0. The number of primary amides is 2. The van der Waals surface area contributed by atoms with Crippen LogP contribution >= 0.6 is 76.5 Å². The number of likely N-dealkylation sites (tertiary alicyclic amines) is 2. The summed E-state index contributed by atoms with van der Waals surface area (Å²) in [6, 6.07) is -1.11. The van der Waals surface area contributed by atoms with Crippen molar-refractivity contribution in [2.45, 2.75) is 439 Å². The highest BCUT2D eigenvalue weighted by Crippen LogP contribution is 2.25. The first-order valence-electron chi connectivity index (χ1n) is 50.2. The lowest BCUT2D eigenvalue weighted by Crippen LogP contribution is -2.45. The summed E-state index contributed by atoms with van der Waals surface area (Å²) in [6.45, 7) is 13.6. The van der Waals surface area contributed by atoms with Crippen molar-refractivity contribution < 1.29 is 82.0 Å². The van der Waals surface area contributed by atoms with Gasteiger partial charge in [0.15, 0.2) is 10.2 Å². The SMILES string of the molecule is C1CCCCCCCCC1.C1CCCCCCCCC1.C1CCCCCCCCC1.C1CCCCCCCCC1.C1CCCCCCCCC1.CC(=O)SCC(=O)ON1C(=O)CCC1=O.CCC(=O)CS.CCC(=O)CS.CCC(=O)CSC(C)=O.CC[C@H](C(N)=O)N1CC(CNC(=O)CBr)CC1=O.CC[C@H](C(N)=O)N1CC(CNC(=O)CSCC(=O)NC)CC1=O.CN.NO. The first-order chi connectivity index (χ1) is 63.2. The summed E-state index contributed by atoms with van der Waals surface area (Å²) in [5.41, 5.74) is 15.1. The van der Waals surface area contributed by atoms with E-state index in [1.807, 2.05) is 27.7 Å². The van der Waals surface area contributed by atoms with Gasteiger partial charge in [0.05, 0.1) is 22.6 Å². The Morgan fingerprint density at radius 1 is 0.389 bits per heavy atom. The number of amides is 9. The van der Waals surface area contributed by atoms with E-state index < -0.39 is 41.7 Å². The number of ketones is 3. The molecule has 8 aliphatic rings. The number of hydroxylamine groups is 2. The topological polar surface area (TPSA) is 435 Å². The fourth-order valence-corrected chi connectivity index (χ4v) is 17.2. The average molecular weight is 2020 g/mol. The molecule has 5 aliphatic carbocycles. The first-order valence-corrected chi connectivity index (χ1v) is 55.7. The van der Waals surface area contributed by atoms with E-state index in [1.165, 1.54) is 363 Å². The van der Waals surface area contributed by atoms with E-state index in [9.17, 15) is 71.9 Å². The number of nitrogens with one attached hydrogen (secondary N) is 3. The van der Waals surface area contributed by atoms with Gasteiger partial charge in [-0.3, -0.25) is 67.1 Å². The van der Waals surface area contributed by atoms with Crippen molar-refractivity contribution in [1.82, 2.24) is 30.8 Å². The van der Waals surface area contributed by atoms with Gasteiger partial charge in [-0.15, -0.1) is 16.8 Å². The number of halogens is 1. The Balaban J connectivity index is -0.000000452. The number of Topliss-reactive ketones (excluding diaryl/α,β-unsaturated/α-hetero) is 3. The molecule has 0 spiro atoms. The van der Waals surface area contributed by atoms with Crippen molar-refractivity contribution in [3.8, 4) is 0 Å². The number of carbonyl (C=O) groups is 15. The van der Waals surface area contributed by atoms with Gasteiger partial charge in [-0.1, -0.05) is 395 Å². The monoisotopic (exact) mass is 2010 g/mol. The number of nitrogens with zero attached hydrogens (tertiary/aromatic N) is 3. The predicted molar refractivity (Wildman–Crippen MR) is 551 cm³/mol. The summed E-state index contributed by atoms with van der Waals surface area (Å²) >= 11 is 13.6. The molecule has 27 nitrogen and oxygen atoms in total. The van der Waals surface area contributed by atoms with Crippen molar-refractivity contribution in [3.05, 3.63) is 0 Å². The number of carbonyl (C=O) groups excluding carboxylic acids is 15. The summed E-state index contributed by atoms with van der Waals surface area (Å²) in [7, 11) is 3.04. The summed E-state index contributed by atoms with van der Waals surface area (Å²) < 4.78 is 0. The second kappa shape index (κ2) is 101. The fourth-order valence-electron chi connectivity index (χ4n) is 14.9. The Morgan fingerprint density at radius 2 is 0.626 bits per heavy atom.